The summed E-state index contributed by atoms with van der Waals surface area (Å²) in [6.45, 7) is 8.37. The van der Waals surface area contributed by atoms with Crippen LogP contribution < -0.4 is 5.73 Å². The van der Waals surface area contributed by atoms with Gasteiger partial charge in [-0.1, -0.05) is 37.6 Å². The van der Waals surface area contributed by atoms with Crippen LogP contribution in [0.1, 0.15) is 25.6 Å². The van der Waals surface area contributed by atoms with Crippen LogP contribution in [0.25, 0.3) is 11.3 Å². The number of nitrogen functional groups attached to an aromatic ring is 1. The Labute approximate surface area is 122 Å². The molecule has 0 bridgehead atoms. The lowest BCUT2D eigenvalue weighted by atomic mass is 10.1. The number of imidazole rings is 1. The number of aromatic nitrogens is 2. The molecule has 0 aliphatic rings. The first-order valence-electron chi connectivity index (χ1n) is 6.38. The van der Waals surface area contributed by atoms with Gasteiger partial charge in [0.15, 0.2) is 0 Å². The molecule has 0 saturated carbocycles. The van der Waals surface area contributed by atoms with Gasteiger partial charge in [-0.25, -0.2) is 9.37 Å². The normalized spacial score (nSPS) is 11.1. The average Bonchev–Trinajstić information content (AvgIpc) is 2.72. The third-order valence-corrected chi connectivity index (χ3v) is 3.36. The summed E-state index contributed by atoms with van der Waals surface area (Å²) in [5, 5.41) is 0.0851. The second-order valence-corrected chi connectivity index (χ2v) is 5.29. The lowest BCUT2D eigenvalue weighted by molar-refractivity contribution is 0.628. The molecule has 1 heterocycles. The molecule has 0 aliphatic carbocycles. The van der Waals surface area contributed by atoms with Gasteiger partial charge in [-0.3, -0.25) is 0 Å². The lowest BCUT2D eigenvalue weighted by Gasteiger charge is -2.09. The Morgan fingerprint density at radius 2 is 2.20 bits per heavy atom. The largest absolute Gasteiger partial charge is 0.383 e. The van der Waals surface area contributed by atoms with Crippen molar-refractivity contribution >= 4 is 17.4 Å². The summed E-state index contributed by atoms with van der Waals surface area (Å²) in [6, 6.07) is 4.57. The lowest BCUT2D eigenvalue weighted by Crippen LogP contribution is -2.07. The molecule has 2 aromatic rings. The summed E-state index contributed by atoms with van der Waals surface area (Å²) in [4.78, 5) is 4.55. The van der Waals surface area contributed by atoms with E-state index in [9.17, 15) is 4.39 Å². The third kappa shape index (κ3) is 2.56. The predicted molar refractivity (Wildman–Crippen MR) is 81.3 cm³/mol. The molecule has 5 heteroatoms. The summed E-state index contributed by atoms with van der Waals surface area (Å²) in [6.07, 6.45) is 1.76. The van der Waals surface area contributed by atoms with Crippen molar-refractivity contribution in [1.29, 1.82) is 0 Å². The molecule has 106 valence electrons. The molecule has 20 heavy (non-hydrogen) atoms. The number of nitrogens with two attached hydrogens (primary N) is 1. The van der Waals surface area contributed by atoms with Crippen LogP contribution in [0.2, 0.25) is 5.02 Å². The SMILES string of the molecule is C=CCn1c(C(C)C)nc(-c2ccc(Cl)c(F)c2)c1N. The van der Waals surface area contributed by atoms with E-state index in [-0.39, 0.29) is 10.9 Å². The van der Waals surface area contributed by atoms with Crippen molar-refractivity contribution < 1.29 is 4.39 Å². The van der Waals surface area contributed by atoms with Crippen molar-refractivity contribution in [2.75, 3.05) is 5.73 Å². The highest BCUT2D eigenvalue weighted by molar-refractivity contribution is 6.30. The van der Waals surface area contributed by atoms with Gasteiger partial charge in [0.25, 0.3) is 0 Å². The van der Waals surface area contributed by atoms with Gasteiger partial charge in [0, 0.05) is 18.0 Å². The van der Waals surface area contributed by atoms with Crippen LogP contribution in [0, 0.1) is 5.82 Å². The Bertz CT molecular complexity index is 647. The van der Waals surface area contributed by atoms with Gasteiger partial charge < -0.3 is 10.3 Å². The second-order valence-electron chi connectivity index (χ2n) is 4.89. The maximum atomic E-state index is 13.6. The van der Waals surface area contributed by atoms with Crippen LogP contribution in [-0.4, -0.2) is 9.55 Å². The van der Waals surface area contributed by atoms with Crippen molar-refractivity contribution in [3.05, 3.63) is 47.5 Å². The Morgan fingerprint density at radius 3 is 2.75 bits per heavy atom. The predicted octanol–water partition coefficient (Wildman–Crippen LogP) is 4.23. The number of anilines is 1. The van der Waals surface area contributed by atoms with Gasteiger partial charge in [-0.05, 0) is 12.1 Å². The minimum absolute atomic E-state index is 0.0851. The van der Waals surface area contributed by atoms with E-state index in [0.29, 0.717) is 23.6 Å². The van der Waals surface area contributed by atoms with Gasteiger partial charge in [0.2, 0.25) is 0 Å². The van der Waals surface area contributed by atoms with Gasteiger partial charge >= 0.3 is 0 Å². The van der Waals surface area contributed by atoms with E-state index < -0.39 is 5.82 Å². The molecule has 0 radical (unpaired) electrons. The highest BCUT2D eigenvalue weighted by Crippen LogP contribution is 2.31. The number of hydrogen-bond acceptors (Lipinski definition) is 2. The van der Waals surface area contributed by atoms with Crippen LogP contribution in [0.5, 0.6) is 0 Å². The Kier molecular flexibility index (Phi) is 4.14. The maximum absolute atomic E-state index is 13.6. The van der Waals surface area contributed by atoms with Crippen LogP contribution in [0.3, 0.4) is 0 Å². The molecular formula is C15H17ClFN3. The summed E-state index contributed by atoms with van der Waals surface area (Å²) >= 11 is 5.70. The number of benzene rings is 1. The summed E-state index contributed by atoms with van der Waals surface area (Å²) < 4.78 is 15.5. The molecule has 1 aromatic carbocycles. The Hall–Kier alpha value is -1.81. The number of rotatable bonds is 4. The van der Waals surface area contributed by atoms with E-state index in [0.717, 1.165) is 5.82 Å². The zero-order valence-electron chi connectivity index (χ0n) is 11.5. The van der Waals surface area contributed by atoms with Crippen LogP contribution in [-0.2, 0) is 6.54 Å². The van der Waals surface area contributed by atoms with E-state index in [2.05, 4.69) is 11.6 Å². The summed E-state index contributed by atoms with van der Waals surface area (Å²) in [5.74, 6) is 1.10. The Morgan fingerprint density at radius 1 is 1.50 bits per heavy atom. The number of hydrogen-bond donors (Lipinski definition) is 1. The fourth-order valence-corrected chi connectivity index (χ4v) is 2.22. The van der Waals surface area contributed by atoms with Crippen LogP contribution >= 0.6 is 11.6 Å². The van der Waals surface area contributed by atoms with E-state index in [1.807, 2.05) is 18.4 Å². The standard InChI is InChI=1S/C15H17ClFN3/c1-4-7-20-14(18)13(19-15(20)9(2)3)10-5-6-11(16)12(17)8-10/h4-6,8-9H,1,7,18H2,2-3H3. The highest BCUT2D eigenvalue weighted by atomic mass is 35.5. The minimum atomic E-state index is -0.479. The molecule has 0 spiro atoms. The number of allylic oxidation sites excluding steroid dienone is 1. The number of nitrogens with zero attached hydrogens (tertiary/aromatic N) is 2. The molecular weight excluding hydrogens is 277 g/mol. The van der Waals surface area contributed by atoms with E-state index in [1.54, 1.807) is 12.1 Å². The van der Waals surface area contributed by atoms with Gasteiger partial charge in [-0.15, -0.1) is 6.58 Å². The van der Waals surface area contributed by atoms with Crippen LogP contribution in [0.4, 0.5) is 10.2 Å². The van der Waals surface area contributed by atoms with Crippen molar-refractivity contribution in [3.63, 3.8) is 0 Å². The van der Waals surface area contributed by atoms with Gasteiger partial charge in [0.1, 0.15) is 23.2 Å². The van der Waals surface area contributed by atoms with E-state index in [1.165, 1.54) is 12.1 Å². The fourth-order valence-electron chi connectivity index (χ4n) is 2.10. The van der Waals surface area contributed by atoms with Crippen molar-refractivity contribution in [3.8, 4) is 11.3 Å². The van der Waals surface area contributed by atoms with Crippen molar-refractivity contribution in [2.24, 2.45) is 0 Å². The smallest absolute Gasteiger partial charge is 0.142 e. The molecule has 0 amide bonds. The molecule has 2 rings (SSSR count). The van der Waals surface area contributed by atoms with Gasteiger partial charge in [-0.2, -0.15) is 0 Å². The van der Waals surface area contributed by atoms with Crippen molar-refractivity contribution in [1.82, 2.24) is 9.55 Å². The molecule has 2 N–H and O–H groups in total. The summed E-state index contributed by atoms with van der Waals surface area (Å²) in [5.41, 5.74) is 7.34. The molecule has 1 aromatic heterocycles. The molecule has 0 aliphatic heterocycles. The first kappa shape index (κ1) is 14.6. The molecule has 0 saturated heterocycles. The minimum Gasteiger partial charge on any atom is -0.383 e. The van der Waals surface area contributed by atoms with Gasteiger partial charge in [0.05, 0.1) is 5.02 Å². The third-order valence-electron chi connectivity index (χ3n) is 3.06. The van der Waals surface area contributed by atoms with E-state index in [4.69, 9.17) is 17.3 Å². The second kappa shape index (κ2) is 5.67. The first-order chi connectivity index (χ1) is 9.45. The summed E-state index contributed by atoms with van der Waals surface area (Å²) in [7, 11) is 0. The number of halogens is 2. The zero-order chi connectivity index (χ0) is 14.9. The maximum Gasteiger partial charge on any atom is 0.142 e. The molecule has 3 nitrogen and oxygen atoms in total. The molecule has 0 unspecified atom stereocenters. The topological polar surface area (TPSA) is 43.8 Å². The van der Waals surface area contributed by atoms with Crippen LogP contribution in [0.15, 0.2) is 30.9 Å². The Balaban J connectivity index is 2.59. The average molecular weight is 294 g/mol. The molecule has 0 fully saturated rings. The van der Waals surface area contributed by atoms with E-state index >= 15 is 0 Å². The quantitative estimate of drug-likeness (QED) is 0.857. The first-order valence-corrected chi connectivity index (χ1v) is 6.75. The monoisotopic (exact) mass is 293 g/mol. The zero-order valence-corrected chi connectivity index (χ0v) is 12.3. The van der Waals surface area contributed by atoms with Crippen molar-refractivity contribution in [2.45, 2.75) is 26.3 Å². The molecule has 0 atom stereocenters. The highest BCUT2D eigenvalue weighted by Gasteiger charge is 2.18. The fraction of sp³-hybridized carbons (Fsp3) is 0.267.